The van der Waals surface area contributed by atoms with Crippen LogP contribution in [0.2, 0.25) is 0 Å². The fraction of sp³-hybridized carbons (Fsp3) is 0.143. The Labute approximate surface area is 108 Å². The summed E-state index contributed by atoms with van der Waals surface area (Å²) in [5, 5.41) is 2.98. The minimum absolute atomic E-state index is 0.00214. The third kappa shape index (κ3) is 3.91. The van der Waals surface area contributed by atoms with Crippen molar-refractivity contribution in [2.24, 2.45) is 0 Å². The Balaban J connectivity index is 1.79. The van der Waals surface area contributed by atoms with E-state index in [2.05, 4.69) is 5.32 Å². The number of anilines is 1. The fourth-order valence-electron chi connectivity index (χ4n) is 1.52. The zero-order valence-electron chi connectivity index (χ0n) is 10.00. The Morgan fingerprint density at radius 2 is 1.58 bits per heavy atom. The van der Waals surface area contributed by atoms with Gasteiger partial charge in [0, 0.05) is 18.3 Å². The van der Waals surface area contributed by atoms with Crippen LogP contribution in [0.5, 0.6) is 5.75 Å². The maximum Gasteiger partial charge on any atom is 0.167 e. The Hall–Kier alpha value is -2.17. The minimum Gasteiger partial charge on any atom is -0.489 e. The number of rotatable bonds is 5. The van der Waals surface area contributed by atoms with Gasteiger partial charge in [0.05, 0.1) is 0 Å². The van der Waals surface area contributed by atoms with Gasteiger partial charge < -0.3 is 10.1 Å². The fourth-order valence-corrected chi connectivity index (χ4v) is 1.52. The molecule has 5 heteroatoms. The minimum atomic E-state index is -0.734. The summed E-state index contributed by atoms with van der Waals surface area (Å²) < 4.78 is 43.7. The number of benzene rings is 2. The van der Waals surface area contributed by atoms with Gasteiger partial charge in [0.2, 0.25) is 0 Å². The van der Waals surface area contributed by atoms with Crippen LogP contribution in [0.3, 0.4) is 0 Å². The second-order valence-electron chi connectivity index (χ2n) is 3.86. The third-order valence-electron chi connectivity index (χ3n) is 2.43. The zero-order valence-corrected chi connectivity index (χ0v) is 10.00. The molecule has 2 rings (SSSR count). The molecule has 0 saturated carbocycles. The highest BCUT2D eigenvalue weighted by atomic mass is 19.1. The first-order valence-electron chi connectivity index (χ1n) is 5.72. The topological polar surface area (TPSA) is 21.3 Å². The molecule has 0 atom stereocenters. The van der Waals surface area contributed by atoms with Crippen molar-refractivity contribution in [2.45, 2.75) is 0 Å². The highest BCUT2D eigenvalue weighted by Crippen LogP contribution is 2.17. The molecule has 100 valence electrons. The molecule has 0 heterocycles. The van der Waals surface area contributed by atoms with Gasteiger partial charge in [0.15, 0.2) is 11.6 Å². The molecule has 1 N–H and O–H groups in total. The molecule has 0 aliphatic rings. The summed E-state index contributed by atoms with van der Waals surface area (Å²) in [7, 11) is 0. The highest BCUT2D eigenvalue weighted by Gasteiger charge is 2.04. The molecule has 19 heavy (non-hydrogen) atoms. The Morgan fingerprint density at radius 1 is 0.895 bits per heavy atom. The predicted octanol–water partition coefficient (Wildman–Crippen LogP) is 3.59. The van der Waals surface area contributed by atoms with Crippen LogP contribution in [0.15, 0.2) is 42.5 Å². The van der Waals surface area contributed by atoms with E-state index in [1.54, 1.807) is 12.1 Å². The predicted molar refractivity (Wildman–Crippen MR) is 66.7 cm³/mol. The van der Waals surface area contributed by atoms with Gasteiger partial charge in [0.1, 0.15) is 18.2 Å². The number of nitrogens with one attached hydrogen (secondary N) is 1. The zero-order chi connectivity index (χ0) is 13.7. The lowest BCUT2D eigenvalue weighted by Gasteiger charge is -2.09. The van der Waals surface area contributed by atoms with E-state index in [9.17, 15) is 13.2 Å². The molecular weight excluding hydrogens is 255 g/mol. The van der Waals surface area contributed by atoms with Gasteiger partial charge in [-0.1, -0.05) is 0 Å². The van der Waals surface area contributed by atoms with Crippen LogP contribution in [-0.4, -0.2) is 13.2 Å². The quantitative estimate of drug-likeness (QED) is 0.836. The van der Waals surface area contributed by atoms with Crippen LogP contribution in [-0.2, 0) is 0 Å². The standard InChI is InChI=1S/C14H12F3NO/c15-10-1-4-12(5-2-10)18-7-8-19-14-6-3-11(16)9-13(14)17/h1-6,9,18H,7-8H2. The van der Waals surface area contributed by atoms with Gasteiger partial charge in [-0.3, -0.25) is 0 Å². The largest absolute Gasteiger partial charge is 0.489 e. The van der Waals surface area contributed by atoms with Gasteiger partial charge in [-0.05, 0) is 36.4 Å². The van der Waals surface area contributed by atoms with Crippen LogP contribution < -0.4 is 10.1 Å². The molecule has 0 saturated heterocycles. The molecular formula is C14H12F3NO. The van der Waals surface area contributed by atoms with Crippen molar-refractivity contribution >= 4 is 5.69 Å². The molecule has 0 aliphatic carbocycles. The van der Waals surface area contributed by atoms with Crippen molar-refractivity contribution in [2.75, 3.05) is 18.5 Å². The summed E-state index contributed by atoms with van der Waals surface area (Å²) in [6.07, 6.45) is 0. The van der Waals surface area contributed by atoms with Crippen molar-refractivity contribution in [1.82, 2.24) is 0 Å². The number of hydrogen-bond acceptors (Lipinski definition) is 2. The summed E-state index contributed by atoms with van der Waals surface area (Å²) in [5.74, 6) is -1.69. The number of halogens is 3. The molecule has 0 radical (unpaired) electrons. The molecule has 0 fully saturated rings. The van der Waals surface area contributed by atoms with Gasteiger partial charge in [0.25, 0.3) is 0 Å². The molecule has 0 spiro atoms. The van der Waals surface area contributed by atoms with Gasteiger partial charge in [-0.15, -0.1) is 0 Å². The van der Waals surface area contributed by atoms with Crippen LogP contribution in [0.25, 0.3) is 0 Å². The number of ether oxygens (including phenoxy) is 1. The van der Waals surface area contributed by atoms with Gasteiger partial charge in [-0.25, -0.2) is 13.2 Å². The lowest BCUT2D eigenvalue weighted by molar-refractivity contribution is 0.314. The molecule has 2 aromatic carbocycles. The summed E-state index contributed by atoms with van der Waals surface area (Å²) in [6, 6.07) is 8.99. The average molecular weight is 267 g/mol. The van der Waals surface area contributed by atoms with Crippen LogP contribution >= 0.6 is 0 Å². The van der Waals surface area contributed by atoms with Crippen molar-refractivity contribution in [1.29, 1.82) is 0 Å². The lowest BCUT2D eigenvalue weighted by Crippen LogP contribution is -2.12. The molecule has 0 aliphatic heterocycles. The lowest BCUT2D eigenvalue weighted by atomic mass is 10.3. The summed E-state index contributed by atoms with van der Waals surface area (Å²) in [4.78, 5) is 0. The summed E-state index contributed by atoms with van der Waals surface area (Å²) >= 11 is 0. The Kier molecular flexibility index (Phi) is 4.28. The van der Waals surface area contributed by atoms with Crippen LogP contribution in [0.4, 0.5) is 18.9 Å². The number of hydrogen-bond donors (Lipinski definition) is 1. The maximum absolute atomic E-state index is 13.2. The maximum atomic E-state index is 13.2. The Bertz CT molecular complexity index is 543. The monoisotopic (exact) mass is 267 g/mol. The SMILES string of the molecule is Fc1ccc(NCCOc2ccc(F)cc2F)cc1. The molecule has 0 unspecified atom stereocenters. The van der Waals surface area contributed by atoms with Crippen LogP contribution in [0, 0.1) is 17.5 Å². The second kappa shape index (κ2) is 6.13. The van der Waals surface area contributed by atoms with E-state index in [1.807, 2.05) is 0 Å². The normalized spacial score (nSPS) is 10.3. The third-order valence-corrected chi connectivity index (χ3v) is 2.43. The van der Waals surface area contributed by atoms with E-state index >= 15 is 0 Å². The molecule has 0 aromatic heterocycles. The van der Waals surface area contributed by atoms with E-state index in [-0.39, 0.29) is 18.2 Å². The van der Waals surface area contributed by atoms with Gasteiger partial charge in [-0.2, -0.15) is 0 Å². The highest BCUT2D eigenvalue weighted by molar-refractivity contribution is 5.42. The van der Waals surface area contributed by atoms with Crippen LogP contribution in [0.1, 0.15) is 0 Å². The van der Waals surface area contributed by atoms with E-state index in [0.29, 0.717) is 6.54 Å². The van der Waals surface area contributed by atoms with Crippen molar-refractivity contribution in [3.8, 4) is 5.75 Å². The first-order chi connectivity index (χ1) is 9.15. The second-order valence-corrected chi connectivity index (χ2v) is 3.86. The first-order valence-corrected chi connectivity index (χ1v) is 5.72. The summed E-state index contributed by atoms with van der Waals surface area (Å²) in [6.45, 7) is 0.627. The van der Waals surface area contributed by atoms with Crippen molar-refractivity contribution in [3.63, 3.8) is 0 Å². The molecule has 2 aromatic rings. The summed E-state index contributed by atoms with van der Waals surface area (Å²) in [5.41, 5.74) is 0.740. The molecule has 0 amide bonds. The Morgan fingerprint density at radius 3 is 2.26 bits per heavy atom. The first kappa shape index (κ1) is 13.3. The van der Waals surface area contributed by atoms with E-state index < -0.39 is 11.6 Å². The van der Waals surface area contributed by atoms with E-state index in [0.717, 1.165) is 17.8 Å². The smallest absolute Gasteiger partial charge is 0.167 e. The average Bonchev–Trinajstić information content (AvgIpc) is 2.39. The molecule has 0 bridgehead atoms. The van der Waals surface area contributed by atoms with Crippen molar-refractivity contribution in [3.05, 3.63) is 59.9 Å². The molecule has 2 nitrogen and oxygen atoms in total. The van der Waals surface area contributed by atoms with E-state index in [1.165, 1.54) is 18.2 Å². The van der Waals surface area contributed by atoms with Gasteiger partial charge >= 0.3 is 0 Å². The van der Waals surface area contributed by atoms with E-state index in [4.69, 9.17) is 4.74 Å². The van der Waals surface area contributed by atoms with Crippen molar-refractivity contribution < 1.29 is 17.9 Å².